The fraction of sp³-hybridized carbons (Fsp3) is 0. The van der Waals surface area contributed by atoms with E-state index >= 15 is 0 Å². The minimum atomic E-state index is -2.09. The molecule has 0 bridgehead atoms. The van der Waals surface area contributed by atoms with E-state index in [4.69, 9.17) is 10.2 Å². The number of ether oxygens (including phenoxy) is 2. The molecular weight excluding hydrogens is 246 g/mol. The molecule has 0 spiro atoms. The van der Waals surface area contributed by atoms with Gasteiger partial charge in [-0.2, -0.15) is 0 Å². The average molecular weight is 256 g/mol. The van der Waals surface area contributed by atoms with E-state index in [1.807, 2.05) is 0 Å². The summed E-state index contributed by atoms with van der Waals surface area (Å²) in [5.74, 6) is -8.17. The van der Waals surface area contributed by atoms with Crippen LogP contribution in [0.15, 0.2) is 0 Å². The van der Waals surface area contributed by atoms with Crippen molar-refractivity contribution >= 4 is 67.8 Å². The normalized spacial score (nSPS) is 6.67. The summed E-state index contributed by atoms with van der Waals surface area (Å²) in [7, 11) is 0. The quantitative estimate of drug-likeness (QED) is 0.152. The zero-order chi connectivity index (χ0) is 11.3. The van der Waals surface area contributed by atoms with Crippen LogP contribution >= 0.6 is 0 Å². The van der Waals surface area contributed by atoms with Gasteiger partial charge in [-0.3, -0.25) is 0 Å². The summed E-state index contributed by atoms with van der Waals surface area (Å²) in [5, 5.41) is 15.8. The Kier molecular flexibility index (Phi) is 22.9. The molecule has 0 saturated heterocycles. The van der Waals surface area contributed by atoms with E-state index in [0.717, 1.165) is 0 Å². The number of carbonyl (C=O) groups excluding carboxylic acids is 3. The summed E-state index contributed by atoms with van der Waals surface area (Å²) < 4.78 is 6.70. The Bertz CT molecular complexity index is 301. The number of carboxylic acids is 2. The molecule has 0 radical (unpaired) electrons. The van der Waals surface area contributed by atoms with Crippen LogP contribution in [0.25, 0.3) is 0 Å². The van der Waals surface area contributed by atoms with Crippen molar-refractivity contribution in [2.24, 2.45) is 0 Å². The molecule has 0 amide bonds. The third-order valence-corrected chi connectivity index (χ3v) is 0.701. The van der Waals surface area contributed by atoms with Crippen LogP contribution < -0.4 is 12.3 Å². The molecule has 11 nitrogen and oxygen atoms in total. The van der Waals surface area contributed by atoms with Gasteiger partial charge in [0.25, 0.3) is 0 Å². The molecule has 8 N–H and O–H groups in total. The predicted octanol–water partition coefficient (Wildman–Crippen LogP) is -2.61. The van der Waals surface area contributed by atoms with Crippen molar-refractivity contribution in [2.45, 2.75) is 0 Å². The molecule has 0 aromatic carbocycles. The van der Waals surface area contributed by atoms with Gasteiger partial charge in [0, 0.05) is 0 Å². The van der Waals surface area contributed by atoms with E-state index in [-0.39, 0.29) is 50.0 Å². The second-order valence-corrected chi connectivity index (χ2v) is 1.64. The topological polar surface area (TPSA) is 214 Å². The molecule has 0 aromatic rings. The van der Waals surface area contributed by atoms with Gasteiger partial charge in [-0.15, -0.1) is 0 Å². The Morgan fingerprint density at radius 1 is 0.667 bits per heavy atom. The number of rotatable bonds is 0. The fourth-order valence-electron chi connectivity index (χ4n) is 0.260. The summed E-state index contributed by atoms with van der Waals surface area (Å²) in [5.41, 5.74) is 0. The Balaban J connectivity index is -0.000000141. The van der Waals surface area contributed by atoms with Crippen molar-refractivity contribution in [3.8, 4) is 0 Å². The maximum absolute atomic E-state index is 10.3. The number of carbonyl (C=O) groups is 5. The molecule has 0 saturated carbocycles. The van der Waals surface area contributed by atoms with Crippen LogP contribution in [0.2, 0.25) is 0 Å². The molecule has 18 heavy (non-hydrogen) atoms. The second kappa shape index (κ2) is 13.7. The van der Waals surface area contributed by atoms with Crippen molar-refractivity contribution in [1.29, 1.82) is 0 Å². The van der Waals surface area contributed by atoms with Gasteiger partial charge < -0.3 is 32.0 Å². The maximum atomic E-state index is 10.3. The first kappa shape index (κ1) is 30.1. The zero-order valence-corrected chi connectivity index (χ0v) is 7.67. The Morgan fingerprint density at radius 3 is 1.06 bits per heavy atom. The molecule has 0 unspecified atom stereocenters. The van der Waals surface area contributed by atoms with Gasteiger partial charge >= 0.3 is 67.8 Å². The van der Waals surface area contributed by atoms with Gasteiger partial charge in [-0.1, -0.05) is 0 Å². The van der Waals surface area contributed by atoms with Gasteiger partial charge in [0.2, 0.25) is 0 Å². The second-order valence-electron chi connectivity index (χ2n) is 1.64. The number of hydrogen-bond acceptors (Lipinski definition) is 9. The van der Waals surface area contributed by atoms with Crippen molar-refractivity contribution in [3.63, 3.8) is 0 Å². The van der Waals surface area contributed by atoms with Crippen LogP contribution in [0.1, 0.15) is 0 Å². The number of carboxylic acid groups (broad SMARTS) is 2. The van der Waals surface area contributed by atoms with E-state index in [2.05, 4.69) is 9.47 Å². The van der Waals surface area contributed by atoms with Crippen LogP contribution in [-0.2, 0) is 28.7 Å². The monoisotopic (exact) mass is 256 g/mol. The van der Waals surface area contributed by atoms with Crippen LogP contribution in [0.5, 0.6) is 0 Å². The number of aliphatic carboxylic acids is 2. The molecular formula is C5H10Li2N2O9. The third-order valence-electron chi connectivity index (χ3n) is 0.701. The van der Waals surface area contributed by atoms with Crippen molar-refractivity contribution in [2.75, 3.05) is 0 Å². The summed E-state index contributed by atoms with van der Waals surface area (Å²) in [6.45, 7) is 0. The Labute approximate surface area is 124 Å². The van der Waals surface area contributed by atoms with Crippen LogP contribution in [0.3, 0.4) is 0 Å². The Hall–Kier alpha value is -1.34. The SMILES string of the molecule is N.N.O=C(OC(=O)C(=O)O)OC(=O)C(=O)O.[LiH].[LiH]. The first-order valence-electron chi connectivity index (χ1n) is 2.78. The number of esters is 2. The van der Waals surface area contributed by atoms with Gasteiger partial charge in [0.15, 0.2) is 0 Å². The van der Waals surface area contributed by atoms with E-state index in [9.17, 15) is 24.0 Å². The molecule has 0 fully saturated rings. The zero-order valence-electron chi connectivity index (χ0n) is 7.67. The van der Waals surface area contributed by atoms with E-state index in [1.165, 1.54) is 0 Å². The standard InChI is InChI=1S/C5H2O9.2Li.2H3N.2H/c6-1(7)3(10)13-5(12)14-4(11)2(8)9;;;;;;/h(H,6,7)(H,8,9);;;2*1H3;;. The van der Waals surface area contributed by atoms with E-state index in [0.29, 0.717) is 0 Å². The van der Waals surface area contributed by atoms with Crippen molar-refractivity contribution in [1.82, 2.24) is 12.3 Å². The van der Waals surface area contributed by atoms with E-state index in [1.54, 1.807) is 0 Å². The summed E-state index contributed by atoms with van der Waals surface area (Å²) in [6, 6.07) is 0. The van der Waals surface area contributed by atoms with Crippen LogP contribution in [-0.4, -0.2) is 78.0 Å². The molecule has 0 aliphatic heterocycles. The van der Waals surface area contributed by atoms with Crippen LogP contribution in [0.4, 0.5) is 4.79 Å². The molecule has 0 atom stereocenters. The first-order chi connectivity index (χ1) is 6.34. The molecule has 0 heterocycles. The molecule has 0 rings (SSSR count). The van der Waals surface area contributed by atoms with Gasteiger partial charge in [-0.05, 0) is 0 Å². The average Bonchev–Trinajstić information content (AvgIpc) is 2.03. The number of hydrogen-bond donors (Lipinski definition) is 4. The van der Waals surface area contributed by atoms with Crippen molar-refractivity contribution < 1.29 is 43.7 Å². The fourth-order valence-corrected chi connectivity index (χ4v) is 0.260. The predicted molar refractivity (Wildman–Crippen MR) is 57.2 cm³/mol. The molecule has 0 aliphatic rings. The molecule has 13 heteroatoms. The first-order valence-corrected chi connectivity index (χ1v) is 2.78. The molecule has 0 aromatic heterocycles. The van der Waals surface area contributed by atoms with Gasteiger partial charge in [0.05, 0.1) is 0 Å². The summed E-state index contributed by atoms with van der Waals surface area (Å²) in [4.78, 5) is 50.0. The van der Waals surface area contributed by atoms with Gasteiger partial charge in [0.1, 0.15) is 0 Å². The third kappa shape index (κ3) is 12.7. The minimum absolute atomic E-state index is 0. The van der Waals surface area contributed by atoms with Gasteiger partial charge in [-0.25, -0.2) is 24.0 Å². The summed E-state index contributed by atoms with van der Waals surface area (Å²) in [6.07, 6.45) is -2.02. The molecule has 96 valence electrons. The Morgan fingerprint density at radius 2 is 0.889 bits per heavy atom. The summed E-state index contributed by atoms with van der Waals surface area (Å²) >= 11 is 0. The van der Waals surface area contributed by atoms with Crippen molar-refractivity contribution in [3.05, 3.63) is 0 Å². The van der Waals surface area contributed by atoms with Crippen LogP contribution in [0, 0.1) is 0 Å². The van der Waals surface area contributed by atoms with E-state index < -0.39 is 30.0 Å². The molecule has 0 aliphatic carbocycles.